The van der Waals surface area contributed by atoms with Crippen molar-refractivity contribution in [1.29, 1.82) is 0 Å². The fourth-order valence-electron chi connectivity index (χ4n) is 4.86. The molecule has 2 aromatic heterocycles. The number of rotatable bonds is 4. The quantitative estimate of drug-likeness (QED) is 0.495. The normalized spacial score (nSPS) is 16.2. The van der Waals surface area contributed by atoms with Crippen LogP contribution in [0.3, 0.4) is 0 Å². The molecule has 6 nitrogen and oxygen atoms in total. The van der Waals surface area contributed by atoms with E-state index in [-0.39, 0.29) is 6.04 Å². The van der Waals surface area contributed by atoms with E-state index in [0.29, 0.717) is 5.92 Å². The van der Waals surface area contributed by atoms with Gasteiger partial charge in [-0.15, -0.1) is 5.10 Å². The number of aromatic nitrogens is 5. The molecule has 5 rings (SSSR count). The van der Waals surface area contributed by atoms with Crippen molar-refractivity contribution in [1.82, 2.24) is 24.5 Å². The first-order chi connectivity index (χ1) is 14.6. The molecule has 0 N–H and O–H groups in total. The van der Waals surface area contributed by atoms with Crippen LogP contribution in [-0.2, 0) is 11.8 Å². The van der Waals surface area contributed by atoms with Gasteiger partial charge in [0.1, 0.15) is 7.85 Å². The monoisotopic (exact) mass is 399 g/mol. The lowest BCUT2D eigenvalue weighted by atomic mass is 9.86. The van der Waals surface area contributed by atoms with Gasteiger partial charge in [0, 0.05) is 25.8 Å². The Kier molecular flexibility index (Phi) is 4.91. The van der Waals surface area contributed by atoms with Crippen molar-refractivity contribution >= 4 is 24.3 Å². The Labute approximate surface area is 177 Å². The minimum Gasteiger partial charge on any atom is -0.381 e. The Hall–Kier alpha value is -2.93. The Morgan fingerprint density at radius 3 is 2.60 bits per heavy atom. The summed E-state index contributed by atoms with van der Waals surface area (Å²) in [6.45, 7) is 3.66. The molecule has 7 heteroatoms. The summed E-state index contributed by atoms with van der Waals surface area (Å²) < 4.78 is 9.88. The summed E-state index contributed by atoms with van der Waals surface area (Å²) in [6, 6.07) is 15.5. The number of benzene rings is 2. The third-order valence-corrected chi connectivity index (χ3v) is 6.29. The molecule has 1 atom stereocenters. The summed E-state index contributed by atoms with van der Waals surface area (Å²) in [4.78, 5) is 4.82. The van der Waals surface area contributed by atoms with Crippen molar-refractivity contribution in [3.8, 4) is 11.3 Å². The Morgan fingerprint density at radius 1 is 1.13 bits per heavy atom. The highest BCUT2D eigenvalue weighted by atomic mass is 16.5. The highest BCUT2D eigenvalue weighted by molar-refractivity contribution is 6.38. The molecule has 0 saturated carbocycles. The lowest BCUT2D eigenvalue weighted by Crippen LogP contribution is -2.26. The Bertz CT molecular complexity index is 1160. The van der Waals surface area contributed by atoms with Crippen LogP contribution in [0.2, 0.25) is 0 Å². The molecular weight excluding hydrogens is 373 g/mol. The molecule has 152 valence electrons. The van der Waals surface area contributed by atoms with Gasteiger partial charge in [-0.1, -0.05) is 47.1 Å². The second kappa shape index (κ2) is 7.72. The summed E-state index contributed by atoms with van der Waals surface area (Å²) >= 11 is 0. The predicted molar refractivity (Wildman–Crippen MR) is 121 cm³/mol. The van der Waals surface area contributed by atoms with E-state index in [4.69, 9.17) is 9.72 Å². The van der Waals surface area contributed by atoms with E-state index in [1.54, 1.807) is 0 Å². The van der Waals surface area contributed by atoms with Crippen LogP contribution in [0.1, 0.15) is 30.1 Å². The molecule has 30 heavy (non-hydrogen) atoms. The number of nitrogens with zero attached hydrogens (tertiary/aromatic N) is 5. The molecule has 1 aliphatic rings. The van der Waals surface area contributed by atoms with Crippen LogP contribution in [0.4, 0.5) is 0 Å². The van der Waals surface area contributed by atoms with Gasteiger partial charge in [0.2, 0.25) is 0 Å². The topological polar surface area (TPSA) is 57.8 Å². The van der Waals surface area contributed by atoms with Crippen LogP contribution < -0.4 is 5.46 Å². The van der Waals surface area contributed by atoms with Gasteiger partial charge in [0.25, 0.3) is 0 Å². The first-order valence-electron chi connectivity index (χ1n) is 10.6. The molecule has 0 aliphatic carbocycles. The largest absolute Gasteiger partial charge is 0.381 e. The van der Waals surface area contributed by atoms with Gasteiger partial charge in [0.15, 0.2) is 0 Å². The summed E-state index contributed by atoms with van der Waals surface area (Å²) in [5.41, 5.74) is 7.82. The van der Waals surface area contributed by atoms with Crippen LogP contribution in [0, 0.1) is 12.8 Å². The van der Waals surface area contributed by atoms with E-state index in [1.807, 2.05) is 25.0 Å². The predicted octanol–water partition coefficient (Wildman–Crippen LogP) is 2.41. The maximum Gasteiger partial charge on any atom is 0.142 e. The molecule has 2 aromatic carbocycles. The van der Waals surface area contributed by atoms with E-state index in [9.17, 15) is 0 Å². The highest BCUT2D eigenvalue weighted by Crippen LogP contribution is 2.36. The molecule has 3 heterocycles. The van der Waals surface area contributed by atoms with E-state index in [0.717, 1.165) is 54.0 Å². The van der Waals surface area contributed by atoms with Gasteiger partial charge in [-0.05, 0) is 37.3 Å². The molecule has 1 unspecified atom stereocenters. The molecule has 1 saturated heterocycles. The first-order valence-corrected chi connectivity index (χ1v) is 10.6. The third kappa shape index (κ3) is 3.23. The fraction of sp³-hybridized carbons (Fsp3) is 0.348. The molecule has 1 fully saturated rings. The summed E-state index contributed by atoms with van der Waals surface area (Å²) in [5.74, 6) is 0.516. The number of fused-ring (bicyclic) bond motifs is 1. The molecule has 1 aliphatic heterocycles. The van der Waals surface area contributed by atoms with Crippen molar-refractivity contribution in [3.63, 3.8) is 0 Å². The fourth-order valence-corrected chi connectivity index (χ4v) is 4.86. The number of imidazole rings is 1. The van der Waals surface area contributed by atoms with Gasteiger partial charge < -0.3 is 9.30 Å². The molecule has 0 spiro atoms. The van der Waals surface area contributed by atoms with Gasteiger partial charge in [-0.2, -0.15) is 0 Å². The SMILES string of the molecule is Bc1cc(-c2c(C)nnn2C)cc2c1ncn2C(c1ccccc1)C1CCOCC1. The van der Waals surface area contributed by atoms with Gasteiger partial charge in [-0.3, -0.25) is 0 Å². The van der Waals surface area contributed by atoms with Crippen LogP contribution in [0.25, 0.3) is 22.3 Å². The maximum absolute atomic E-state index is 5.66. The lowest BCUT2D eigenvalue weighted by molar-refractivity contribution is 0.0547. The molecular formula is C23H26BN5O. The molecule has 0 amide bonds. The Balaban J connectivity index is 1.70. The molecule has 0 radical (unpaired) electrons. The number of aryl methyl sites for hydroxylation is 2. The average molecular weight is 399 g/mol. The zero-order valence-corrected chi connectivity index (χ0v) is 17.7. The van der Waals surface area contributed by atoms with Crippen molar-refractivity contribution in [3.05, 3.63) is 60.0 Å². The zero-order valence-electron chi connectivity index (χ0n) is 17.7. The van der Waals surface area contributed by atoms with Crippen LogP contribution in [-0.4, -0.2) is 45.6 Å². The zero-order chi connectivity index (χ0) is 20.7. The van der Waals surface area contributed by atoms with Gasteiger partial charge in [-0.25, -0.2) is 9.67 Å². The second-order valence-electron chi connectivity index (χ2n) is 8.27. The third-order valence-electron chi connectivity index (χ3n) is 6.29. The minimum atomic E-state index is 0.237. The molecule has 0 bridgehead atoms. The van der Waals surface area contributed by atoms with Crippen molar-refractivity contribution in [2.24, 2.45) is 13.0 Å². The van der Waals surface area contributed by atoms with Gasteiger partial charge >= 0.3 is 0 Å². The summed E-state index contributed by atoms with van der Waals surface area (Å²) in [5, 5.41) is 8.44. The van der Waals surface area contributed by atoms with Crippen LogP contribution in [0.15, 0.2) is 48.8 Å². The lowest BCUT2D eigenvalue weighted by Gasteiger charge is -2.32. The van der Waals surface area contributed by atoms with E-state index >= 15 is 0 Å². The number of ether oxygens (including phenoxy) is 1. The van der Waals surface area contributed by atoms with Crippen molar-refractivity contribution in [2.45, 2.75) is 25.8 Å². The molecule has 4 aromatic rings. The number of hydrogen-bond acceptors (Lipinski definition) is 4. The smallest absolute Gasteiger partial charge is 0.142 e. The van der Waals surface area contributed by atoms with E-state index in [2.05, 4.69) is 65.2 Å². The van der Waals surface area contributed by atoms with E-state index in [1.165, 1.54) is 11.0 Å². The van der Waals surface area contributed by atoms with Crippen molar-refractivity contribution in [2.75, 3.05) is 13.2 Å². The highest BCUT2D eigenvalue weighted by Gasteiger charge is 2.28. The summed E-state index contributed by atoms with van der Waals surface area (Å²) in [6.07, 6.45) is 4.13. The maximum atomic E-state index is 5.66. The van der Waals surface area contributed by atoms with E-state index < -0.39 is 0 Å². The number of hydrogen-bond donors (Lipinski definition) is 0. The van der Waals surface area contributed by atoms with Crippen LogP contribution in [0.5, 0.6) is 0 Å². The standard InChI is InChI=1S/C23H26BN5O/c1-15-22(28(2)27-26-15)18-12-19(24)21-20(13-18)29(14-25-21)23(16-6-4-3-5-7-16)17-8-10-30-11-9-17/h3-7,12-14,17,23H,8-11,24H2,1-2H3. The summed E-state index contributed by atoms with van der Waals surface area (Å²) in [7, 11) is 4.08. The minimum absolute atomic E-state index is 0.237. The van der Waals surface area contributed by atoms with Crippen LogP contribution >= 0.6 is 0 Å². The van der Waals surface area contributed by atoms with Gasteiger partial charge in [0.05, 0.1) is 34.8 Å². The van der Waals surface area contributed by atoms with Crippen molar-refractivity contribution < 1.29 is 4.74 Å². The average Bonchev–Trinajstić information content (AvgIpc) is 3.33. The Morgan fingerprint density at radius 2 is 1.90 bits per heavy atom. The first kappa shape index (κ1) is 19.1. The second-order valence-corrected chi connectivity index (χ2v) is 8.27.